The van der Waals surface area contributed by atoms with Crippen LogP contribution < -0.4 is 0 Å². The van der Waals surface area contributed by atoms with E-state index >= 15 is 0 Å². The summed E-state index contributed by atoms with van der Waals surface area (Å²) in [7, 11) is 0. The van der Waals surface area contributed by atoms with Gasteiger partial charge in [0.1, 0.15) is 11.7 Å². The Balaban J connectivity index is 1.58. The molecule has 1 unspecified atom stereocenters. The molecule has 0 aromatic heterocycles. The summed E-state index contributed by atoms with van der Waals surface area (Å²) in [6.45, 7) is 5.23. The molecular formula is C23H29ClO7. The number of ether oxygens (including phenoxy) is 3. The number of hydrogen-bond acceptors (Lipinski definition) is 7. The number of carbonyl (C=O) groups excluding carboxylic acids is 1. The Kier molecular flexibility index (Phi) is 4.48. The molecule has 3 N–H and O–H groups in total. The van der Waals surface area contributed by atoms with E-state index in [0.29, 0.717) is 23.4 Å². The summed E-state index contributed by atoms with van der Waals surface area (Å²) < 4.78 is 17.9. The number of esters is 1. The zero-order valence-electron chi connectivity index (χ0n) is 17.9. The third kappa shape index (κ3) is 2.40. The molecule has 0 amide bonds. The first-order valence-electron chi connectivity index (χ1n) is 10.8. The second kappa shape index (κ2) is 6.43. The van der Waals surface area contributed by atoms with E-state index in [2.05, 4.69) is 0 Å². The van der Waals surface area contributed by atoms with Gasteiger partial charge in [-0.15, -0.1) is 0 Å². The molecule has 3 aliphatic heterocycles. The minimum Gasteiger partial charge on any atom is -0.429 e. The van der Waals surface area contributed by atoms with Gasteiger partial charge in [-0.25, -0.2) is 0 Å². The number of fused-ring (bicyclic) bond motifs is 1. The highest BCUT2D eigenvalue weighted by Crippen LogP contribution is 2.74. The van der Waals surface area contributed by atoms with Crippen molar-refractivity contribution in [2.45, 2.75) is 75.8 Å². The van der Waals surface area contributed by atoms with E-state index in [-0.39, 0.29) is 25.4 Å². The quantitative estimate of drug-likeness (QED) is 0.603. The number of aliphatic hydroxyl groups is 3. The predicted molar refractivity (Wildman–Crippen MR) is 110 cm³/mol. The Hall–Kier alpha value is -1.22. The van der Waals surface area contributed by atoms with Crippen molar-refractivity contribution in [1.82, 2.24) is 0 Å². The third-order valence-corrected chi connectivity index (χ3v) is 9.22. The molecule has 6 rings (SSSR count). The molecule has 170 valence electrons. The van der Waals surface area contributed by atoms with Crippen LogP contribution in [0.5, 0.6) is 0 Å². The van der Waals surface area contributed by atoms with Gasteiger partial charge in [0.05, 0.1) is 24.0 Å². The Labute approximate surface area is 186 Å². The van der Waals surface area contributed by atoms with E-state index in [1.54, 1.807) is 31.2 Å². The molecule has 3 saturated heterocycles. The number of rotatable bonds is 3. The molecule has 3 heterocycles. The van der Waals surface area contributed by atoms with Gasteiger partial charge in [-0.1, -0.05) is 37.6 Å². The highest BCUT2D eigenvalue weighted by atomic mass is 35.5. The number of carbonyl (C=O) groups is 1. The van der Waals surface area contributed by atoms with Crippen LogP contribution in [0.1, 0.15) is 45.6 Å². The number of aliphatic hydroxyl groups excluding tert-OH is 1. The van der Waals surface area contributed by atoms with Gasteiger partial charge in [0.2, 0.25) is 5.79 Å². The lowest BCUT2D eigenvalue weighted by Gasteiger charge is -2.69. The molecule has 8 heteroatoms. The van der Waals surface area contributed by atoms with Gasteiger partial charge in [0.25, 0.3) is 0 Å². The van der Waals surface area contributed by atoms with Crippen LogP contribution in [0, 0.1) is 16.7 Å². The first-order valence-corrected chi connectivity index (χ1v) is 11.2. The second-order valence-corrected chi connectivity index (χ2v) is 10.6. The predicted octanol–water partition coefficient (Wildman–Crippen LogP) is 2.18. The second-order valence-electron chi connectivity index (χ2n) is 10.2. The van der Waals surface area contributed by atoms with Crippen molar-refractivity contribution in [2.24, 2.45) is 16.7 Å². The molecule has 2 aliphatic carbocycles. The van der Waals surface area contributed by atoms with E-state index in [1.807, 2.05) is 6.92 Å². The van der Waals surface area contributed by atoms with Crippen LogP contribution in [-0.4, -0.2) is 57.3 Å². The Bertz CT molecular complexity index is 936. The van der Waals surface area contributed by atoms with Crippen molar-refractivity contribution in [1.29, 1.82) is 0 Å². The molecule has 7 nitrogen and oxygen atoms in total. The van der Waals surface area contributed by atoms with Gasteiger partial charge >= 0.3 is 5.97 Å². The maximum absolute atomic E-state index is 13.0. The Morgan fingerprint density at radius 1 is 1.32 bits per heavy atom. The maximum atomic E-state index is 13.0. The highest BCUT2D eigenvalue weighted by molar-refractivity contribution is 6.30. The highest BCUT2D eigenvalue weighted by Gasteiger charge is 2.86. The van der Waals surface area contributed by atoms with Crippen LogP contribution >= 0.6 is 11.6 Å². The minimum absolute atomic E-state index is 0.0113. The summed E-state index contributed by atoms with van der Waals surface area (Å²) in [4.78, 5) is 13.0. The van der Waals surface area contributed by atoms with E-state index in [4.69, 9.17) is 25.8 Å². The molecule has 1 spiro atoms. The van der Waals surface area contributed by atoms with Crippen LogP contribution in [0.15, 0.2) is 24.3 Å². The van der Waals surface area contributed by atoms with Crippen molar-refractivity contribution in [3.05, 3.63) is 34.9 Å². The molecule has 0 radical (unpaired) electrons. The molecule has 1 aromatic rings. The van der Waals surface area contributed by atoms with Gasteiger partial charge in [-0.05, 0) is 43.4 Å². The van der Waals surface area contributed by atoms with Crippen molar-refractivity contribution in [2.75, 3.05) is 6.61 Å². The van der Waals surface area contributed by atoms with Gasteiger partial charge < -0.3 is 29.5 Å². The zero-order chi connectivity index (χ0) is 22.4. The monoisotopic (exact) mass is 452 g/mol. The molecule has 31 heavy (non-hydrogen) atoms. The SMILES string of the molecule is C[C@@H]1CC[C@@]2(O)[C@]13C[C@@]1(OC(=O)Cc4cccc(Cl)c4)OC(OC[C@@]2(C)[C@@]1(C)O)[C@@H]3O. The minimum atomic E-state index is -1.76. The molecule has 5 aliphatic rings. The van der Waals surface area contributed by atoms with Crippen molar-refractivity contribution >= 4 is 17.6 Å². The van der Waals surface area contributed by atoms with Crippen LogP contribution in [0.3, 0.4) is 0 Å². The largest absolute Gasteiger partial charge is 0.429 e. The molecule has 4 bridgehead atoms. The Morgan fingerprint density at radius 2 is 2.06 bits per heavy atom. The fourth-order valence-corrected chi connectivity index (χ4v) is 7.15. The first kappa shape index (κ1) is 21.6. The summed E-state index contributed by atoms with van der Waals surface area (Å²) in [5.74, 6) is -2.43. The van der Waals surface area contributed by atoms with Gasteiger partial charge in [-0.2, -0.15) is 0 Å². The van der Waals surface area contributed by atoms with Crippen molar-refractivity contribution < 1.29 is 34.3 Å². The van der Waals surface area contributed by atoms with Crippen molar-refractivity contribution in [3.8, 4) is 0 Å². The average Bonchev–Trinajstić information content (AvgIpc) is 2.89. The van der Waals surface area contributed by atoms with Crippen LogP contribution in [0.25, 0.3) is 0 Å². The van der Waals surface area contributed by atoms with Crippen LogP contribution in [0.2, 0.25) is 5.02 Å². The number of halogens is 1. The topological polar surface area (TPSA) is 105 Å². The first-order chi connectivity index (χ1) is 14.4. The average molecular weight is 453 g/mol. The zero-order valence-corrected chi connectivity index (χ0v) is 18.7. The molecule has 2 saturated carbocycles. The van der Waals surface area contributed by atoms with E-state index in [1.165, 1.54) is 6.92 Å². The van der Waals surface area contributed by atoms with Crippen LogP contribution in [0.4, 0.5) is 0 Å². The standard InChI is InChI=1S/C23H29ClO7/c1-13-7-8-22(28)19(2)12-29-18-17(26)21(13,22)11-23(31-18,20(19,3)27)30-16(25)10-14-5-4-6-15(24)9-14/h4-6,9,13,17-18,26-28H,7-8,10-12H2,1-3H3/t13-,17+,18?,19+,20-,21-,22+,23-/m1/s1. The lowest BCUT2D eigenvalue weighted by Crippen LogP contribution is -2.83. The van der Waals surface area contributed by atoms with E-state index in [0.717, 1.165) is 0 Å². The fourth-order valence-electron chi connectivity index (χ4n) is 6.93. The number of hydrogen-bond donors (Lipinski definition) is 3. The molecule has 8 atom stereocenters. The molecule has 1 aromatic carbocycles. The summed E-state index contributed by atoms with van der Waals surface area (Å²) in [5, 5.41) is 35.7. The normalized spacial score (nSPS) is 50.2. The maximum Gasteiger partial charge on any atom is 0.312 e. The van der Waals surface area contributed by atoms with Gasteiger partial charge in [0, 0.05) is 16.9 Å². The summed E-state index contributed by atoms with van der Waals surface area (Å²) in [6, 6.07) is 6.91. The molecule has 5 fully saturated rings. The fraction of sp³-hybridized carbons (Fsp3) is 0.696. The van der Waals surface area contributed by atoms with Crippen LogP contribution in [-0.2, 0) is 25.4 Å². The smallest absolute Gasteiger partial charge is 0.312 e. The van der Waals surface area contributed by atoms with Crippen molar-refractivity contribution in [3.63, 3.8) is 0 Å². The lowest BCUT2D eigenvalue weighted by atomic mass is 9.43. The Morgan fingerprint density at radius 3 is 2.77 bits per heavy atom. The summed E-state index contributed by atoms with van der Waals surface area (Å²) >= 11 is 6.03. The van der Waals surface area contributed by atoms with E-state index < -0.39 is 46.2 Å². The third-order valence-electron chi connectivity index (χ3n) is 8.99. The summed E-state index contributed by atoms with van der Waals surface area (Å²) in [5.41, 5.74) is -4.75. The lowest BCUT2D eigenvalue weighted by molar-refractivity contribution is -0.447. The van der Waals surface area contributed by atoms with Gasteiger partial charge in [-0.3, -0.25) is 4.79 Å². The van der Waals surface area contributed by atoms with E-state index in [9.17, 15) is 20.1 Å². The van der Waals surface area contributed by atoms with Gasteiger partial charge in [0.15, 0.2) is 6.29 Å². The summed E-state index contributed by atoms with van der Waals surface area (Å²) in [6.07, 6.45) is -1.19. The molecular weight excluding hydrogens is 424 g/mol. The number of benzene rings is 1.